The van der Waals surface area contributed by atoms with Gasteiger partial charge in [0.15, 0.2) is 5.22 Å². The van der Waals surface area contributed by atoms with Crippen molar-refractivity contribution in [3.63, 3.8) is 0 Å². The van der Waals surface area contributed by atoms with Gasteiger partial charge in [-0.05, 0) is 48.0 Å². The summed E-state index contributed by atoms with van der Waals surface area (Å²) in [6.45, 7) is 0.0429. The van der Waals surface area contributed by atoms with Crippen LogP contribution in [0.5, 0.6) is 11.5 Å². The van der Waals surface area contributed by atoms with Crippen LogP contribution in [0.4, 0.5) is 0 Å². The third kappa shape index (κ3) is 3.45. The van der Waals surface area contributed by atoms with Crippen LogP contribution in [0.25, 0.3) is 0 Å². The van der Waals surface area contributed by atoms with Gasteiger partial charge in [0.05, 0.1) is 7.11 Å². The van der Waals surface area contributed by atoms with Gasteiger partial charge in [0.1, 0.15) is 29.8 Å². The quantitative estimate of drug-likeness (QED) is 0.859. The largest absolute Gasteiger partial charge is 0.508 e. The lowest BCUT2D eigenvalue weighted by atomic mass is 10.1. The van der Waals surface area contributed by atoms with E-state index in [0.717, 1.165) is 0 Å². The number of benzene rings is 1. The SMILES string of the molecule is COC(=O)C(COc1ccc(O)cc1)c1ccc(Cl)o1. The third-order valence-corrected chi connectivity index (χ3v) is 2.88. The Kier molecular flexibility index (Phi) is 4.53. The Balaban J connectivity index is 2.08. The maximum Gasteiger partial charge on any atom is 0.319 e. The minimum absolute atomic E-state index is 0.0429. The second kappa shape index (κ2) is 6.34. The molecule has 1 atom stereocenters. The Morgan fingerprint density at radius 3 is 2.55 bits per heavy atom. The highest BCUT2D eigenvalue weighted by atomic mass is 35.5. The van der Waals surface area contributed by atoms with Crippen molar-refractivity contribution in [1.29, 1.82) is 0 Å². The molecule has 1 aromatic carbocycles. The molecule has 0 spiro atoms. The number of esters is 1. The Bertz CT molecular complexity index is 576. The summed E-state index contributed by atoms with van der Waals surface area (Å²) in [5, 5.41) is 9.37. The first kappa shape index (κ1) is 14.3. The van der Waals surface area contributed by atoms with Gasteiger partial charge in [0.25, 0.3) is 0 Å². The van der Waals surface area contributed by atoms with Crippen molar-refractivity contribution in [3.8, 4) is 11.5 Å². The molecular formula is C14H13ClO5. The lowest BCUT2D eigenvalue weighted by Gasteiger charge is -2.13. The molecule has 2 rings (SSSR count). The number of hydrogen-bond donors (Lipinski definition) is 1. The zero-order valence-electron chi connectivity index (χ0n) is 10.7. The van der Waals surface area contributed by atoms with Crippen molar-refractivity contribution in [3.05, 3.63) is 47.4 Å². The standard InChI is InChI=1S/C14H13ClO5/c1-18-14(17)11(12-6-7-13(15)20-12)8-19-10-4-2-9(16)3-5-10/h2-7,11,16H,8H2,1H3. The predicted molar refractivity (Wildman–Crippen MR) is 72.1 cm³/mol. The van der Waals surface area contributed by atoms with Crippen molar-refractivity contribution in [2.45, 2.75) is 5.92 Å². The summed E-state index contributed by atoms with van der Waals surface area (Å²) in [6.07, 6.45) is 0. The number of carbonyl (C=O) groups is 1. The van der Waals surface area contributed by atoms with Crippen LogP contribution in [0, 0.1) is 0 Å². The number of phenolic OH excluding ortho intramolecular Hbond substituents is 1. The Morgan fingerprint density at radius 1 is 1.30 bits per heavy atom. The van der Waals surface area contributed by atoms with Gasteiger partial charge in [-0.3, -0.25) is 4.79 Å². The molecule has 1 N–H and O–H groups in total. The van der Waals surface area contributed by atoms with Crippen molar-refractivity contribution < 1.29 is 23.8 Å². The molecule has 6 heteroatoms. The number of methoxy groups -OCH3 is 1. The minimum atomic E-state index is -0.707. The van der Waals surface area contributed by atoms with Crippen molar-refractivity contribution in [2.24, 2.45) is 0 Å². The molecule has 0 amide bonds. The van der Waals surface area contributed by atoms with Crippen LogP contribution in [-0.2, 0) is 9.53 Å². The topological polar surface area (TPSA) is 68.9 Å². The monoisotopic (exact) mass is 296 g/mol. The van der Waals surface area contributed by atoms with Crippen LogP contribution in [0.15, 0.2) is 40.8 Å². The van der Waals surface area contributed by atoms with Gasteiger partial charge in [0.2, 0.25) is 0 Å². The number of halogens is 1. The van der Waals surface area contributed by atoms with E-state index in [1.165, 1.54) is 19.2 Å². The minimum Gasteiger partial charge on any atom is -0.508 e. The summed E-state index contributed by atoms with van der Waals surface area (Å²) in [5.74, 6) is -0.147. The number of carbonyl (C=O) groups excluding carboxylic acids is 1. The van der Waals surface area contributed by atoms with E-state index in [0.29, 0.717) is 11.5 Å². The number of phenols is 1. The third-order valence-electron chi connectivity index (χ3n) is 2.68. The highest BCUT2D eigenvalue weighted by Gasteiger charge is 2.26. The fraction of sp³-hybridized carbons (Fsp3) is 0.214. The number of hydrogen-bond acceptors (Lipinski definition) is 5. The first-order valence-corrected chi connectivity index (χ1v) is 6.23. The number of rotatable bonds is 5. The Labute approximate surface area is 120 Å². The Morgan fingerprint density at radius 2 is 2.00 bits per heavy atom. The van der Waals surface area contributed by atoms with Gasteiger partial charge in [-0.15, -0.1) is 0 Å². The molecule has 0 aliphatic rings. The molecule has 2 aromatic rings. The van der Waals surface area contributed by atoms with Crippen LogP contribution < -0.4 is 4.74 Å². The number of aromatic hydroxyl groups is 1. The fourth-order valence-electron chi connectivity index (χ4n) is 1.65. The maximum absolute atomic E-state index is 11.8. The van der Waals surface area contributed by atoms with E-state index in [-0.39, 0.29) is 17.6 Å². The molecule has 20 heavy (non-hydrogen) atoms. The molecule has 0 saturated heterocycles. The van der Waals surface area contributed by atoms with Crippen LogP contribution >= 0.6 is 11.6 Å². The smallest absolute Gasteiger partial charge is 0.319 e. The van der Waals surface area contributed by atoms with Crippen LogP contribution in [0.2, 0.25) is 5.22 Å². The highest BCUT2D eigenvalue weighted by molar-refractivity contribution is 6.28. The number of furan rings is 1. The molecule has 1 aromatic heterocycles. The summed E-state index contributed by atoms with van der Waals surface area (Å²) in [7, 11) is 1.29. The van der Waals surface area contributed by atoms with E-state index < -0.39 is 11.9 Å². The summed E-state index contributed by atoms with van der Waals surface area (Å²) < 4.78 is 15.4. The molecular weight excluding hydrogens is 284 g/mol. The van der Waals surface area contributed by atoms with E-state index in [9.17, 15) is 9.90 Å². The van der Waals surface area contributed by atoms with Gasteiger partial charge >= 0.3 is 5.97 Å². The molecule has 0 fully saturated rings. The van der Waals surface area contributed by atoms with E-state index in [1.807, 2.05) is 0 Å². The number of ether oxygens (including phenoxy) is 2. The molecule has 0 aliphatic heterocycles. The first-order valence-electron chi connectivity index (χ1n) is 5.85. The van der Waals surface area contributed by atoms with Gasteiger partial charge < -0.3 is 19.0 Å². The second-order valence-electron chi connectivity index (χ2n) is 4.02. The summed E-state index contributed by atoms with van der Waals surface area (Å²) in [4.78, 5) is 11.8. The van der Waals surface area contributed by atoms with Crippen molar-refractivity contribution in [2.75, 3.05) is 13.7 Å². The van der Waals surface area contributed by atoms with Crippen LogP contribution in [0.1, 0.15) is 11.7 Å². The predicted octanol–water partition coefficient (Wildman–Crippen LogP) is 2.97. The summed E-state index contributed by atoms with van der Waals surface area (Å²) in [5.41, 5.74) is 0. The fourth-order valence-corrected chi connectivity index (χ4v) is 1.80. The molecule has 0 radical (unpaired) electrons. The van der Waals surface area contributed by atoms with E-state index in [1.54, 1.807) is 24.3 Å². The second-order valence-corrected chi connectivity index (χ2v) is 4.40. The summed E-state index contributed by atoms with van der Waals surface area (Å²) >= 11 is 5.70. The van der Waals surface area contributed by atoms with E-state index in [2.05, 4.69) is 0 Å². The Hall–Kier alpha value is -2.14. The normalized spacial score (nSPS) is 11.9. The maximum atomic E-state index is 11.8. The lowest BCUT2D eigenvalue weighted by molar-refractivity contribution is -0.143. The average molecular weight is 297 g/mol. The van der Waals surface area contributed by atoms with Gasteiger partial charge in [-0.1, -0.05) is 0 Å². The molecule has 5 nitrogen and oxygen atoms in total. The van der Waals surface area contributed by atoms with Crippen LogP contribution in [-0.4, -0.2) is 24.8 Å². The zero-order chi connectivity index (χ0) is 14.5. The molecule has 1 heterocycles. The molecule has 106 valence electrons. The summed E-state index contributed by atoms with van der Waals surface area (Å²) in [6, 6.07) is 9.33. The van der Waals surface area contributed by atoms with Crippen molar-refractivity contribution >= 4 is 17.6 Å². The highest BCUT2D eigenvalue weighted by Crippen LogP contribution is 2.24. The van der Waals surface area contributed by atoms with Crippen LogP contribution in [0.3, 0.4) is 0 Å². The van der Waals surface area contributed by atoms with Crippen molar-refractivity contribution in [1.82, 2.24) is 0 Å². The van der Waals surface area contributed by atoms with Gasteiger partial charge in [-0.2, -0.15) is 0 Å². The first-order chi connectivity index (χ1) is 9.60. The lowest BCUT2D eigenvalue weighted by Crippen LogP contribution is -2.20. The van der Waals surface area contributed by atoms with E-state index in [4.69, 9.17) is 25.5 Å². The molecule has 1 unspecified atom stereocenters. The molecule has 0 aliphatic carbocycles. The van der Waals surface area contributed by atoms with Gasteiger partial charge in [0, 0.05) is 0 Å². The average Bonchev–Trinajstić information content (AvgIpc) is 2.87. The zero-order valence-corrected chi connectivity index (χ0v) is 11.5. The van der Waals surface area contributed by atoms with E-state index >= 15 is 0 Å². The van der Waals surface area contributed by atoms with Gasteiger partial charge in [-0.25, -0.2) is 0 Å². The molecule has 0 saturated carbocycles. The molecule has 0 bridgehead atoms.